The Kier molecular flexibility index (Phi) is 9.70. The summed E-state index contributed by atoms with van der Waals surface area (Å²) in [5, 5.41) is 13.7. The molecule has 2 heterocycles. The number of carbonyl (C=O) groups is 3. The Hall–Kier alpha value is -3.91. The topological polar surface area (TPSA) is 112 Å². The molecule has 0 fully saturated rings. The number of nitrogens with one attached hydrogen (secondary N) is 2. The Morgan fingerprint density at radius 3 is 2.66 bits per heavy atom. The molecule has 0 unspecified atom stereocenters. The predicted octanol–water partition coefficient (Wildman–Crippen LogP) is 3.51. The van der Waals surface area contributed by atoms with E-state index in [4.69, 9.17) is 4.74 Å². The number of rotatable bonds is 8. The van der Waals surface area contributed by atoms with E-state index in [1.54, 1.807) is 4.90 Å². The van der Waals surface area contributed by atoms with Crippen molar-refractivity contribution in [2.45, 2.75) is 44.7 Å². The number of ether oxygens (including phenoxy) is 1. The second-order valence-corrected chi connectivity index (χ2v) is 9.62. The minimum atomic E-state index is -0.587. The number of esters is 1. The molecule has 0 saturated carbocycles. The number of aromatic nitrogens is 1. The van der Waals surface area contributed by atoms with Crippen molar-refractivity contribution in [2.75, 3.05) is 19.8 Å². The molecular weight excluding hydrogens is 482 g/mol. The van der Waals surface area contributed by atoms with E-state index in [2.05, 4.69) is 10.3 Å². The predicted molar refractivity (Wildman–Crippen MR) is 145 cm³/mol. The van der Waals surface area contributed by atoms with E-state index in [-0.39, 0.29) is 50.4 Å². The van der Waals surface area contributed by atoms with Gasteiger partial charge >= 0.3 is 5.97 Å². The van der Waals surface area contributed by atoms with Gasteiger partial charge in [0.05, 0.1) is 18.6 Å². The fourth-order valence-electron chi connectivity index (χ4n) is 4.72. The molecule has 2 aromatic carbocycles. The Balaban J connectivity index is 1.50. The van der Waals surface area contributed by atoms with Crippen LogP contribution in [-0.2, 0) is 32.1 Å². The first-order valence-corrected chi connectivity index (χ1v) is 13.1. The van der Waals surface area contributed by atoms with Crippen molar-refractivity contribution in [3.63, 3.8) is 0 Å². The molecule has 3 aromatic rings. The molecule has 0 spiro atoms. The fourth-order valence-corrected chi connectivity index (χ4v) is 4.72. The van der Waals surface area contributed by atoms with Crippen LogP contribution < -0.4 is 5.32 Å². The molecule has 38 heavy (non-hydrogen) atoms. The number of hydrogen-bond acceptors (Lipinski definition) is 5. The number of fused-ring (bicyclic) bond motifs is 1. The third kappa shape index (κ3) is 7.55. The van der Waals surface area contributed by atoms with Gasteiger partial charge in [-0.1, -0.05) is 60.7 Å². The summed E-state index contributed by atoms with van der Waals surface area (Å²) in [5.74, 6) is -1.34. The zero-order valence-corrected chi connectivity index (χ0v) is 21.5. The monoisotopic (exact) mass is 517 g/mol. The number of H-pyrrole nitrogens is 1. The number of aromatic amines is 1. The minimum absolute atomic E-state index is 0.0165. The summed E-state index contributed by atoms with van der Waals surface area (Å²) in [6.07, 6.45) is 7.27. The van der Waals surface area contributed by atoms with Crippen LogP contribution >= 0.6 is 0 Å². The van der Waals surface area contributed by atoms with Gasteiger partial charge in [-0.25, -0.2) is 0 Å². The summed E-state index contributed by atoms with van der Waals surface area (Å²) in [6.45, 7) is 0.451. The number of hydrogen-bond donors (Lipinski definition) is 3. The fraction of sp³-hybridized carbons (Fsp3) is 0.367. The van der Waals surface area contributed by atoms with Crippen LogP contribution in [0, 0.1) is 5.92 Å². The molecule has 1 aliphatic rings. The Labute approximate surface area is 222 Å². The van der Waals surface area contributed by atoms with Gasteiger partial charge < -0.3 is 25.0 Å². The van der Waals surface area contributed by atoms with E-state index in [1.165, 1.54) is 0 Å². The number of benzene rings is 2. The quantitative estimate of drug-likeness (QED) is 0.313. The van der Waals surface area contributed by atoms with Gasteiger partial charge in [0, 0.05) is 43.0 Å². The minimum Gasteiger partial charge on any atom is -0.463 e. The molecule has 2 amide bonds. The first-order chi connectivity index (χ1) is 18.5. The van der Waals surface area contributed by atoms with E-state index in [0.29, 0.717) is 25.8 Å². The van der Waals surface area contributed by atoms with Crippen LogP contribution in [0.1, 0.15) is 36.8 Å². The van der Waals surface area contributed by atoms with E-state index < -0.39 is 12.0 Å². The molecule has 8 nitrogen and oxygen atoms in total. The van der Waals surface area contributed by atoms with Gasteiger partial charge in [-0.05, 0) is 36.5 Å². The molecule has 1 aromatic heterocycles. The number of cyclic esters (lactones) is 1. The van der Waals surface area contributed by atoms with Crippen molar-refractivity contribution in [2.24, 2.45) is 5.92 Å². The molecule has 0 bridgehead atoms. The second-order valence-electron chi connectivity index (χ2n) is 9.62. The summed E-state index contributed by atoms with van der Waals surface area (Å²) < 4.78 is 5.49. The van der Waals surface area contributed by atoms with Crippen LogP contribution in [0.5, 0.6) is 0 Å². The molecular formula is C30H35N3O5. The van der Waals surface area contributed by atoms with Crippen LogP contribution in [0.25, 0.3) is 10.9 Å². The summed E-state index contributed by atoms with van der Waals surface area (Å²) in [5.41, 5.74) is 2.96. The molecule has 1 aliphatic heterocycles. The summed E-state index contributed by atoms with van der Waals surface area (Å²) >= 11 is 0. The van der Waals surface area contributed by atoms with E-state index >= 15 is 0 Å². The first-order valence-electron chi connectivity index (χ1n) is 13.1. The zero-order valence-electron chi connectivity index (χ0n) is 21.5. The van der Waals surface area contributed by atoms with Gasteiger partial charge in [-0.15, -0.1) is 0 Å². The molecule has 200 valence electrons. The Morgan fingerprint density at radius 1 is 1.05 bits per heavy atom. The Morgan fingerprint density at radius 2 is 1.84 bits per heavy atom. The van der Waals surface area contributed by atoms with Crippen molar-refractivity contribution in [1.82, 2.24) is 15.2 Å². The van der Waals surface area contributed by atoms with Crippen LogP contribution in [0.15, 0.2) is 72.9 Å². The number of aliphatic hydroxyl groups excluding tert-OH is 1. The van der Waals surface area contributed by atoms with E-state index in [9.17, 15) is 19.5 Å². The number of carbonyl (C=O) groups excluding carboxylic acids is 3. The Bertz CT molecular complexity index is 1250. The van der Waals surface area contributed by atoms with Crippen molar-refractivity contribution in [1.29, 1.82) is 0 Å². The van der Waals surface area contributed by atoms with Crippen molar-refractivity contribution >= 4 is 28.7 Å². The lowest BCUT2D eigenvalue weighted by Crippen LogP contribution is -2.44. The van der Waals surface area contributed by atoms with Crippen molar-refractivity contribution < 1.29 is 24.2 Å². The SMILES string of the molecule is O=C1CC/C=C\C[C@@H](CC(=O)N(CCO)Cc2ccccc2)C(=O)N[C@H](Cc2c[nH]c3ccccc23)CO1. The van der Waals surface area contributed by atoms with Crippen LogP contribution in [0.4, 0.5) is 0 Å². The van der Waals surface area contributed by atoms with Crippen LogP contribution in [-0.4, -0.2) is 58.6 Å². The zero-order chi connectivity index (χ0) is 26.7. The molecule has 0 radical (unpaired) electrons. The second kappa shape index (κ2) is 13.6. The van der Waals surface area contributed by atoms with Gasteiger partial charge in [0.15, 0.2) is 0 Å². The number of allylic oxidation sites excluding steroid dienone is 2. The summed E-state index contributed by atoms with van der Waals surface area (Å²) in [7, 11) is 0. The molecule has 0 saturated heterocycles. The number of aliphatic hydroxyl groups is 1. The lowest BCUT2D eigenvalue weighted by molar-refractivity contribution is -0.145. The first kappa shape index (κ1) is 27.1. The van der Waals surface area contributed by atoms with Crippen molar-refractivity contribution in [3.05, 3.63) is 84.1 Å². The molecule has 0 aliphatic carbocycles. The largest absolute Gasteiger partial charge is 0.463 e. The molecule has 4 rings (SSSR count). The van der Waals surface area contributed by atoms with Crippen molar-refractivity contribution in [3.8, 4) is 0 Å². The maximum absolute atomic E-state index is 13.5. The highest BCUT2D eigenvalue weighted by atomic mass is 16.5. The number of amides is 2. The van der Waals surface area contributed by atoms with Crippen LogP contribution in [0.3, 0.4) is 0 Å². The van der Waals surface area contributed by atoms with Gasteiger partial charge in [-0.2, -0.15) is 0 Å². The summed E-state index contributed by atoms with van der Waals surface area (Å²) in [6, 6.07) is 17.1. The highest BCUT2D eigenvalue weighted by Gasteiger charge is 2.27. The van der Waals surface area contributed by atoms with E-state index in [1.807, 2.05) is 72.9 Å². The molecule has 3 N–H and O–H groups in total. The maximum Gasteiger partial charge on any atom is 0.306 e. The van der Waals surface area contributed by atoms with Gasteiger partial charge in [-0.3, -0.25) is 14.4 Å². The molecule has 8 heteroatoms. The number of para-hydroxylation sites is 1. The highest BCUT2D eigenvalue weighted by Crippen LogP contribution is 2.21. The lowest BCUT2D eigenvalue weighted by atomic mass is 9.97. The lowest BCUT2D eigenvalue weighted by Gasteiger charge is -2.26. The number of nitrogens with zero attached hydrogens (tertiary/aromatic N) is 1. The standard InChI is InChI=1S/C30H35N3O5/c34-16-15-33(20-22-9-3-1-4-10-22)28(35)18-23-11-5-2-6-14-29(36)38-21-25(32-30(23)37)17-24-19-31-27-13-8-7-12-26(24)27/h1-5,7-10,12-13,19,23,25,31,34H,6,11,14-18,20-21H2,(H,32,37)/b5-2-/t23-,25+/m0/s1. The third-order valence-corrected chi connectivity index (χ3v) is 6.77. The summed E-state index contributed by atoms with van der Waals surface area (Å²) in [4.78, 5) is 43.8. The third-order valence-electron chi connectivity index (χ3n) is 6.77. The van der Waals surface area contributed by atoms with Gasteiger partial charge in [0.25, 0.3) is 0 Å². The van der Waals surface area contributed by atoms with Crippen LogP contribution in [0.2, 0.25) is 0 Å². The average molecular weight is 518 g/mol. The average Bonchev–Trinajstić information content (AvgIpc) is 3.33. The van der Waals surface area contributed by atoms with Gasteiger partial charge in [0.2, 0.25) is 11.8 Å². The normalized spacial score (nSPS) is 19.6. The van der Waals surface area contributed by atoms with Gasteiger partial charge in [0.1, 0.15) is 6.61 Å². The molecule has 2 atom stereocenters. The van der Waals surface area contributed by atoms with E-state index in [0.717, 1.165) is 22.0 Å². The maximum atomic E-state index is 13.5. The highest BCUT2D eigenvalue weighted by molar-refractivity contribution is 5.86. The smallest absolute Gasteiger partial charge is 0.306 e.